The van der Waals surface area contributed by atoms with Crippen molar-refractivity contribution in [3.05, 3.63) is 23.8 Å². The van der Waals surface area contributed by atoms with E-state index in [4.69, 9.17) is 11.8 Å². The maximum atomic E-state index is 4.95. The molecule has 0 fully saturated rings. The van der Waals surface area contributed by atoms with Gasteiger partial charge in [-0.15, -0.1) is 0 Å². The summed E-state index contributed by atoms with van der Waals surface area (Å²) >= 11 is 0. The van der Waals surface area contributed by atoms with E-state index >= 15 is 0 Å². The van der Waals surface area contributed by atoms with Crippen LogP contribution in [0.2, 0.25) is 0 Å². The molecule has 4 nitrogen and oxygen atoms in total. The van der Waals surface area contributed by atoms with Crippen molar-refractivity contribution in [3.63, 3.8) is 0 Å². The SMILES string of the molecule is NOCC1=CCC(CON)C=C1. The highest BCUT2D eigenvalue weighted by Gasteiger charge is 2.07. The Morgan fingerprint density at radius 3 is 2.75 bits per heavy atom. The van der Waals surface area contributed by atoms with Gasteiger partial charge in [0, 0.05) is 5.92 Å². The smallest absolute Gasteiger partial charge is 0.0926 e. The van der Waals surface area contributed by atoms with E-state index in [2.05, 4.69) is 21.8 Å². The molecule has 4 N–H and O–H groups in total. The van der Waals surface area contributed by atoms with Gasteiger partial charge in [-0.25, -0.2) is 11.8 Å². The van der Waals surface area contributed by atoms with Gasteiger partial charge in [0.05, 0.1) is 13.2 Å². The van der Waals surface area contributed by atoms with Crippen LogP contribution < -0.4 is 11.8 Å². The van der Waals surface area contributed by atoms with Crippen LogP contribution in [0.3, 0.4) is 0 Å². The van der Waals surface area contributed by atoms with Crippen molar-refractivity contribution in [3.8, 4) is 0 Å². The second kappa shape index (κ2) is 5.05. The van der Waals surface area contributed by atoms with Gasteiger partial charge in [-0.3, -0.25) is 4.84 Å². The molecule has 0 aromatic rings. The molecule has 12 heavy (non-hydrogen) atoms. The lowest BCUT2D eigenvalue weighted by Gasteiger charge is -2.13. The number of rotatable bonds is 4. The minimum Gasteiger partial charge on any atom is -0.304 e. The number of nitrogens with two attached hydrogens (primary N) is 2. The predicted octanol–water partition coefficient (Wildman–Crippen LogP) is 0.270. The van der Waals surface area contributed by atoms with E-state index < -0.39 is 0 Å². The fourth-order valence-electron chi connectivity index (χ4n) is 1.16. The van der Waals surface area contributed by atoms with Gasteiger partial charge in [0.25, 0.3) is 0 Å². The zero-order chi connectivity index (χ0) is 8.81. The van der Waals surface area contributed by atoms with Crippen LogP contribution in [0.15, 0.2) is 23.8 Å². The summed E-state index contributed by atoms with van der Waals surface area (Å²) in [7, 11) is 0. The molecule has 0 saturated heterocycles. The standard InChI is InChI=1S/C8H14N2O2/c9-11-5-7-1-2-8(4-3-7)6-12-10/h1-3,8H,4-6,9-10H2. The maximum Gasteiger partial charge on any atom is 0.0926 e. The first kappa shape index (κ1) is 9.41. The van der Waals surface area contributed by atoms with Crippen molar-refractivity contribution < 1.29 is 9.68 Å². The summed E-state index contributed by atoms with van der Waals surface area (Å²) < 4.78 is 0. The molecule has 1 aliphatic carbocycles. The van der Waals surface area contributed by atoms with Crippen molar-refractivity contribution in [2.24, 2.45) is 17.7 Å². The molecule has 4 heteroatoms. The maximum absolute atomic E-state index is 4.95. The highest BCUT2D eigenvalue weighted by Crippen LogP contribution is 2.15. The van der Waals surface area contributed by atoms with Crippen LogP contribution in [0, 0.1) is 5.92 Å². The van der Waals surface area contributed by atoms with E-state index in [9.17, 15) is 0 Å². The van der Waals surface area contributed by atoms with E-state index in [0.29, 0.717) is 19.1 Å². The van der Waals surface area contributed by atoms with Crippen molar-refractivity contribution >= 4 is 0 Å². The first-order valence-corrected chi connectivity index (χ1v) is 3.87. The quantitative estimate of drug-likeness (QED) is 0.594. The Morgan fingerprint density at radius 2 is 2.25 bits per heavy atom. The van der Waals surface area contributed by atoms with Crippen LogP contribution in [0.25, 0.3) is 0 Å². The molecule has 1 atom stereocenters. The van der Waals surface area contributed by atoms with Gasteiger partial charge < -0.3 is 4.84 Å². The zero-order valence-electron chi connectivity index (χ0n) is 6.90. The average Bonchev–Trinajstić information content (AvgIpc) is 2.09. The highest BCUT2D eigenvalue weighted by atomic mass is 16.6. The van der Waals surface area contributed by atoms with E-state index in [1.54, 1.807) is 0 Å². The molecule has 68 valence electrons. The van der Waals surface area contributed by atoms with Crippen molar-refractivity contribution in [2.75, 3.05) is 13.2 Å². The molecule has 0 heterocycles. The largest absolute Gasteiger partial charge is 0.304 e. The fraction of sp³-hybridized carbons (Fsp3) is 0.500. The van der Waals surface area contributed by atoms with Gasteiger partial charge in [-0.1, -0.05) is 18.2 Å². The Bertz CT molecular complexity index is 189. The number of allylic oxidation sites excluding steroid dienone is 1. The van der Waals surface area contributed by atoms with Crippen LogP contribution in [-0.4, -0.2) is 13.2 Å². The van der Waals surface area contributed by atoms with E-state index in [0.717, 1.165) is 12.0 Å². The molecule has 0 bridgehead atoms. The van der Waals surface area contributed by atoms with Crippen molar-refractivity contribution in [1.29, 1.82) is 0 Å². The van der Waals surface area contributed by atoms with E-state index in [-0.39, 0.29) is 0 Å². The van der Waals surface area contributed by atoms with Gasteiger partial charge in [-0.2, -0.15) is 0 Å². The third-order valence-corrected chi connectivity index (χ3v) is 1.83. The molecule has 1 unspecified atom stereocenters. The molecular weight excluding hydrogens is 156 g/mol. The lowest BCUT2D eigenvalue weighted by atomic mass is 9.98. The fourth-order valence-corrected chi connectivity index (χ4v) is 1.16. The monoisotopic (exact) mass is 170 g/mol. The lowest BCUT2D eigenvalue weighted by Crippen LogP contribution is -2.13. The summed E-state index contributed by atoms with van der Waals surface area (Å²) in [5, 5.41) is 0. The molecule has 1 aliphatic rings. The normalized spacial score (nSPS) is 22.5. The molecule has 0 amide bonds. The first-order chi connectivity index (χ1) is 5.86. The van der Waals surface area contributed by atoms with Crippen molar-refractivity contribution in [2.45, 2.75) is 6.42 Å². The second-order valence-corrected chi connectivity index (χ2v) is 2.78. The Labute approximate surface area is 71.7 Å². The molecule has 0 saturated carbocycles. The topological polar surface area (TPSA) is 70.5 Å². The van der Waals surface area contributed by atoms with E-state index in [1.165, 1.54) is 0 Å². The van der Waals surface area contributed by atoms with Crippen LogP contribution in [0.1, 0.15) is 6.42 Å². The third-order valence-electron chi connectivity index (χ3n) is 1.83. The van der Waals surface area contributed by atoms with Gasteiger partial charge >= 0.3 is 0 Å². The Morgan fingerprint density at radius 1 is 1.42 bits per heavy atom. The van der Waals surface area contributed by atoms with Gasteiger partial charge in [0.2, 0.25) is 0 Å². The number of hydrogen-bond acceptors (Lipinski definition) is 4. The summed E-state index contributed by atoms with van der Waals surface area (Å²) in [6.45, 7) is 1.02. The lowest BCUT2D eigenvalue weighted by molar-refractivity contribution is 0.115. The molecule has 0 aliphatic heterocycles. The molecule has 0 aromatic heterocycles. The number of hydrogen-bond donors (Lipinski definition) is 2. The van der Waals surface area contributed by atoms with Crippen LogP contribution >= 0.6 is 0 Å². The van der Waals surface area contributed by atoms with Gasteiger partial charge in [0.15, 0.2) is 0 Å². The molecule has 1 rings (SSSR count). The molecule has 0 aromatic carbocycles. The molecule has 0 spiro atoms. The minimum atomic E-state index is 0.386. The van der Waals surface area contributed by atoms with Crippen LogP contribution in [0.4, 0.5) is 0 Å². The zero-order valence-corrected chi connectivity index (χ0v) is 6.90. The second-order valence-electron chi connectivity index (χ2n) is 2.78. The Hall–Kier alpha value is -0.680. The van der Waals surface area contributed by atoms with Gasteiger partial charge in [0.1, 0.15) is 0 Å². The van der Waals surface area contributed by atoms with E-state index in [1.807, 2.05) is 6.08 Å². The summed E-state index contributed by atoms with van der Waals surface area (Å²) in [4.78, 5) is 9.04. The minimum absolute atomic E-state index is 0.386. The average molecular weight is 170 g/mol. The summed E-state index contributed by atoms with van der Waals surface area (Å²) in [6.07, 6.45) is 7.06. The summed E-state index contributed by atoms with van der Waals surface area (Å²) in [6, 6.07) is 0. The third kappa shape index (κ3) is 2.75. The highest BCUT2D eigenvalue weighted by molar-refractivity contribution is 5.24. The molecular formula is C8H14N2O2. The van der Waals surface area contributed by atoms with Crippen LogP contribution in [0.5, 0.6) is 0 Å². The predicted molar refractivity (Wildman–Crippen MR) is 45.6 cm³/mol. The summed E-state index contributed by atoms with van der Waals surface area (Å²) in [5.41, 5.74) is 1.10. The van der Waals surface area contributed by atoms with Gasteiger partial charge in [-0.05, 0) is 12.0 Å². The first-order valence-electron chi connectivity index (χ1n) is 3.87. The summed E-state index contributed by atoms with van der Waals surface area (Å²) in [5.74, 6) is 10.3. The Kier molecular flexibility index (Phi) is 3.96. The van der Waals surface area contributed by atoms with Crippen molar-refractivity contribution in [1.82, 2.24) is 0 Å². The van der Waals surface area contributed by atoms with Crippen LogP contribution in [-0.2, 0) is 9.68 Å². The molecule has 0 radical (unpaired) electrons. The Balaban J connectivity index is 2.33.